The van der Waals surface area contributed by atoms with Crippen molar-refractivity contribution in [1.29, 1.82) is 0 Å². The predicted molar refractivity (Wildman–Crippen MR) is 83.9 cm³/mol. The summed E-state index contributed by atoms with van der Waals surface area (Å²) in [6.07, 6.45) is 6.22. The van der Waals surface area contributed by atoms with Gasteiger partial charge in [-0.15, -0.1) is 0 Å². The number of ether oxygens (including phenoxy) is 2. The molecule has 0 atom stereocenters. The molecule has 1 rings (SSSR count). The molecule has 0 aliphatic heterocycles. The number of rotatable bonds is 9. The molecule has 1 aromatic carbocycles. The van der Waals surface area contributed by atoms with Crippen LogP contribution in [0.4, 0.5) is 0 Å². The van der Waals surface area contributed by atoms with Crippen LogP contribution in [0.3, 0.4) is 0 Å². The second-order valence-corrected chi connectivity index (χ2v) is 4.95. The molecule has 0 heterocycles. The molecule has 0 saturated heterocycles. The average Bonchev–Trinajstić information content (AvgIpc) is 2.47. The lowest BCUT2D eigenvalue weighted by molar-refractivity contribution is -0.132. The number of hydrogen-bond acceptors (Lipinski definition) is 3. The SMILES string of the molecule is CCCCCCOc1ccc(C=C(C)C(=O)O)cc1OC. The Balaban J connectivity index is 2.70. The molecule has 116 valence electrons. The molecule has 0 aliphatic rings. The lowest BCUT2D eigenvalue weighted by Gasteiger charge is -2.11. The zero-order chi connectivity index (χ0) is 15.7. The van der Waals surface area contributed by atoms with Crippen molar-refractivity contribution in [3.8, 4) is 11.5 Å². The third-order valence-corrected chi connectivity index (χ3v) is 3.16. The summed E-state index contributed by atoms with van der Waals surface area (Å²) in [6.45, 7) is 4.40. The van der Waals surface area contributed by atoms with Gasteiger partial charge in [0.1, 0.15) is 0 Å². The molecule has 0 saturated carbocycles. The van der Waals surface area contributed by atoms with E-state index in [0.717, 1.165) is 18.4 Å². The predicted octanol–water partition coefficient (Wildman–Crippen LogP) is 4.14. The molecule has 0 aromatic heterocycles. The van der Waals surface area contributed by atoms with E-state index in [0.29, 0.717) is 18.1 Å². The monoisotopic (exact) mass is 292 g/mol. The van der Waals surface area contributed by atoms with Crippen LogP contribution in [0.2, 0.25) is 0 Å². The van der Waals surface area contributed by atoms with E-state index in [1.54, 1.807) is 26.2 Å². The number of carboxylic acid groups (broad SMARTS) is 1. The first-order chi connectivity index (χ1) is 10.1. The number of unbranched alkanes of at least 4 members (excludes halogenated alkanes) is 3. The van der Waals surface area contributed by atoms with Crippen molar-refractivity contribution in [3.63, 3.8) is 0 Å². The van der Waals surface area contributed by atoms with Gasteiger partial charge in [0, 0.05) is 5.57 Å². The molecular weight excluding hydrogens is 268 g/mol. The van der Waals surface area contributed by atoms with E-state index >= 15 is 0 Å². The van der Waals surface area contributed by atoms with E-state index in [4.69, 9.17) is 14.6 Å². The summed E-state index contributed by atoms with van der Waals surface area (Å²) >= 11 is 0. The minimum Gasteiger partial charge on any atom is -0.493 e. The van der Waals surface area contributed by atoms with Crippen molar-refractivity contribution >= 4 is 12.0 Å². The van der Waals surface area contributed by atoms with Crippen molar-refractivity contribution in [2.45, 2.75) is 39.5 Å². The van der Waals surface area contributed by atoms with Crippen LogP contribution in [0.15, 0.2) is 23.8 Å². The Morgan fingerprint density at radius 2 is 2.00 bits per heavy atom. The van der Waals surface area contributed by atoms with Gasteiger partial charge in [-0.1, -0.05) is 32.3 Å². The van der Waals surface area contributed by atoms with Crippen molar-refractivity contribution in [3.05, 3.63) is 29.3 Å². The molecular formula is C17H24O4. The van der Waals surface area contributed by atoms with Crippen molar-refractivity contribution in [1.82, 2.24) is 0 Å². The molecule has 0 aliphatic carbocycles. The second-order valence-electron chi connectivity index (χ2n) is 4.95. The zero-order valence-electron chi connectivity index (χ0n) is 13.0. The highest BCUT2D eigenvalue weighted by molar-refractivity contribution is 5.91. The first-order valence-corrected chi connectivity index (χ1v) is 7.31. The number of carbonyl (C=O) groups is 1. The fourth-order valence-electron chi connectivity index (χ4n) is 1.92. The highest BCUT2D eigenvalue weighted by atomic mass is 16.5. The molecule has 0 fully saturated rings. The van der Waals surface area contributed by atoms with Crippen LogP contribution in [0, 0.1) is 0 Å². The molecule has 1 N–H and O–H groups in total. The van der Waals surface area contributed by atoms with E-state index in [-0.39, 0.29) is 5.57 Å². The molecule has 0 spiro atoms. The van der Waals surface area contributed by atoms with Crippen LogP contribution in [-0.2, 0) is 4.79 Å². The average molecular weight is 292 g/mol. The van der Waals surface area contributed by atoms with Gasteiger partial charge < -0.3 is 14.6 Å². The highest BCUT2D eigenvalue weighted by Crippen LogP contribution is 2.29. The van der Waals surface area contributed by atoms with Crippen LogP contribution in [-0.4, -0.2) is 24.8 Å². The minimum absolute atomic E-state index is 0.283. The summed E-state index contributed by atoms with van der Waals surface area (Å²) in [7, 11) is 1.58. The molecule has 0 bridgehead atoms. The van der Waals surface area contributed by atoms with Gasteiger partial charge in [0.25, 0.3) is 0 Å². The Bertz CT molecular complexity index is 492. The minimum atomic E-state index is -0.926. The van der Waals surface area contributed by atoms with Crippen LogP contribution in [0.25, 0.3) is 6.08 Å². The van der Waals surface area contributed by atoms with Gasteiger partial charge in [0.15, 0.2) is 11.5 Å². The summed E-state index contributed by atoms with van der Waals surface area (Å²) in [4.78, 5) is 10.8. The fraction of sp³-hybridized carbons (Fsp3) is 0.471. The maximum atomic E-state index is 10.8. The summed E-state index contributed by atoms with van der Waals surface area (Å²) in [5, 5.41) is 8.89. The first kappa shape index (κ1) is 17.1. The number of aliphatic carboxylic acids is 1. The van der Waals surface area contributed by atoms with Crippen molar-refractivity contribution in [2.75, 3.05) is 13.7 Å². The van der Waals surface area contributed by atoms with Gasteiger partial charge >= 0.3 is 5.97 Å². The zero-order valence-corrected chi connectivity index (χ0v) is 13.0. The lowest BCUT2D eigenvalue weighted by Crippen LogP contribution is -2.00. The Morgan fingerprint density at radius 1 is 1.24 bits per heavy atom. The van der Waals surface area contributed by atoms with E-state index < -0.39 is 5.97 Å². The highest BCUT2D eigenvalue weighted by Gasteiger charge is 2.06. The third-order valence-electron chi connectivity index (χ3n) is 3.16. The molecule has 21 heavy (non-hydrogen) atoms. The Kier molecular flexibility index (Phi) is 7.37. The van der Waals surface area contributed by atoms with Crippen LogP contribution >= 0.6 is 0 Å². The number of carboxylic acids is 1. The number of methoxy groups -OCH3 is 1. The van der Waals surface area contributed by atoms with Gasteiger partial charge in [0.05, 0.1) is 13.7 Å². The standard InChI is InChI=1S/C17H24O4/c1-4-5-6-7-10-21-15-9-8-14(12-16(15)20-3)11-13(2)17(18)19/h8-9,11-12H,4-7,10H2,1-3H3,(H,18,19). The quantitative estimate of drug-likeness (QED) is 0.549. The van der Waals surface area contributed by atoms with Crippen LogP contribution in [0.5, 0.6) is 11.5 Å². The maximum absolute atomic E-state index is 10.8. The number of benzene rings is 1. The van der Waals surface area contributed by atoms with Crippen molar-refractivity contribution < 1.29 is 19.4 Å². The summed E-state index contributed by atoms with van der Waals surface area (Å²) in [5.41, 5.74) is 1.07. The molecule has 0 unspecified atom stereocenters. The van der Waals surface area contributed by atoms with Crippen LogP contribution < -0.4 is 9.47 Å². The molecule has 4 heteroatoms. The van der Waals surface area contributed by atoms with E-state index in [2.05, 4.69) is 6.92 Å². The van der Waals surface area contributed by atoms with E-state index in [9.17, 15) is 4.79 Å². The van der Waals surface area contributed by atoms with Gasteiger partial charge in [-0.25, -0.2) is 4.79 Å². The van der Waals surface area contributed by atoms with Gasteiger partial charge in [0.2, 0.25) is 0 Å². The topological polar surface area (TPSA) is 55.8 Å². The van der Waals surface area contributed by atoms with Gasteiger partial charge in [-0.2, -0.15) is 0 Å². The largest absolute Gasteiger partial charge is 0.493 e. The Labute approximate surface area is 126 Å². The lowest BCUT2D eigenvalue weighted by atomic mass is 10.1. The molecule has 1 aromatic rings. The normalized spacial score (nSPS) is 11.3. The van der Waals surface area contributed by atoms with E-state index in [1.807, 2.05) is 12.1 Å². The fourth-order valence-corrected chi connectivity index (χ4v) is 1.92. The van der Waals surface area contributed by atoms with Crippen LogP contribution in [0.1, 0.15) is 45.1 Å². The summed E-state index contributed by atoms with van der Waals surface area (Å²) in [5.74, 6) is 0.391. The van der Waals surface area contributed by atoms with Crippen molar-refractivity contribution in [2.24, 2.45) is 0 Å². The second kappa shape index (κ2) is 9.06. The molecule has 4 nitrogen and oxygen atoms in total. The molecule has 0 radical (unpaired) electrons. The smallest absolute Gasteiger partial charge is 0.331 e. The Morgan fingerprint density at radius 3 is 2.62 bits per heavy atom. The Hall–Kier alpha value is -1.97. The first-order valence-electron chi connectivity index (χ1n) is 7.31. The summed E-state index contributed by atoms with van der Waals surface area (Å²) in [6, 6.07) is 5.43. The number of hydrogen-bond donors (Lipinski definition) is 1. The summed E-state index contributed by atoms with van der Waals surface area (Å²) < 4.78 is 11.0. The van der Waals surface area contributed by atoms with E-state index in [1.165, 1.54) is 12.8 Å². The molecule has 0 amide bonds. The maximum Gasteiger partial charge on any atom is 0.331 e. The third kappa shape index (κ3) is 5.90. The van der Waals surface area contributed by atoms with Gasteiger partial charge in [-0.05, 0) is 37.1 Å². The van der Waals surface area contributed by atoms with Gasteiger partial charge in [-0.3, -0.25) is 0 Å².